The van der Waals surface area contributed by atoms with Crippen LogP contribution in [0, 0.1) is 0 Å². The van der Waals surface area contributed by atoms with Crippen molar-refractivity contribution in [1.82, 2.24) is 14.3 Å². The number of fused-ring (bicyclic) bond motifs is 1. The van der Waals surface area contributed by atoms with Crippen molar-refractivity contribution >= 4 is 31.6 Å². The van der Waals surface area contributed by atoms with E-state index in [9.17, 15) is 26.4 Å². The van der Waals surface area contributed by atoms with E-state index >= 15 is 0 Å². The van der Waals surface area contributed by atoms with Crippen molar-refractivity contribution in [2.45, 2.75) is 18.5 Å². The van der Waals surface area contributed by atoms with Crippen LogP contribution in [0.4, 0.5) is 13.2 Å². The molecule has 27 heavy (non-hydrogen) atoms. The summed E-state index contributed by atoms with van der Waals surface area (Å²) in [6.07, 6.45) is -3.12. The number of halogens is 3. The highest BCUT2D eigenvalue weighted by atomic mass is 32.2. The number of nitrogens with one attached hydrogen (secondary N) is 1. The van der Waals surface area contributed by atoms with Gasteiger partial charge in [-0.25, -0.2) is 18.1 Å². The Labute approximate surface area is 156 Å². The predicted octanol–water partition coefficient (Wildman–Crippen LogP) is 2.60. The van der Waals surface area contributed by atoms with Crippen LogP contribution in [-0.4, -0.2) is 24.5 Å². The van der Waals surface area contributed by atoms with Crippen LogP contribution in [0.5, 0.6) is 0 Å². The standard InChI is InChI=1S/C16H14F3N3O3S2/c17-16(18,19)12-3-1-11(2-4-12)9-27(24,25)21-6-7-22-10-20-13-5-8-26-14(13)15(22)23/h1-5,8,10,21H,6-7,9H2. The van der Waals surface area contributed by atoms with E-state index in [0.717, 1.165) is 24.3 Å². The van der Waals surface area contributed by atoms with Crippen molar-refractivity contribution < 1.29 is 21.6 Å². The highest BCUT2D eigenvalue weighted by molar-refractivity contribution is 7.88. The monoisotopic (exact) mass is 417 g/mol. The quantitative estimate of drug-likeness (QED) is 0.669. The van der Waals surface area contributed by atoms with Crippen LogP contribution in [0.3, 0.4) is 0 Å². The molecule has 1 aromatic carbocycles. The lowest BCUT2D eigenvalue weighted by molar-refractivity contribution is -0.137. The van der Waals surface area contributed by atoms with Crippen molar-refractivity contribution in [1.29, 1.82) is 0 Å². The molecular formula is C16H14F3N3O3S2. The molecular weight excluding hydrogens is 403 g/mol. The molecule has 144 valence electrons. The fourth-order valence-electron chi connectivity index (χ4n) is 2.42. The summed E-state index contributed by atoms with van der Waals surface area (Å²) in [5, 5.41) is 1.75. The molecule has 3 aromatic rings. The van der Waals surface area contributed by atoms with Gasteiger partial charge in [0.2, 0.25) is 10.0 Å². The molecule has 0 saturated carbocycles. The number of hydrogen-bond acceptors (Lipinski definition) is 5. The lowest BCUT2D eigenvalue weighted by Gasteiger charge is -2.10. The maximum absolute atomic E-state index is 12.5. The highest BCUT2D eigenvalue weighted by Gasteiger charge is 2.30. The summed E-state index contributed by atoms with van der Waals surface area (Å²) in [5.41, 5.74) is -0.275. The van der Waals surface area contributed by atoms with Crippen LogP contribution in [0.25, 0.3) is 10.2 Å². The van der Waals surface area contributed by atoms with Gasteiger partial charge in [-0.2, -0.15) is 13.2 Å². The molecule has 0 atom stereocenters. The fourth-order valence-corrected chi connectivity index (χ4v) is 4.35. The van der Waals surface area contributed by atoms with Crippen LogP contribution in [-0.2, 0) is 28.5 Å². The zero-order valence-electron chi connectivity index (χ0n) is 13.7. The Balaban J connectivity index is 1.61. The van der Waals surface area contributed by atoms with Gasteiger partial charge < -0.3 is 0 Å². The summed E-state index contributed by atoms with van der Waals surface area (Å²) in [7, 11) is -3.76. The largest absolute Gasteiger partial charge is 0.416 e. The Morgan fingerprint density at radius 2 is 1.85 bits per heavy atom. The number of sulfonamides is 1. The zero-order chi connectivity index (χ0) is 19.7. The molecule has 11 heteroatoms. The summed E-state index contributed by atoms with van der Waals surface area (Å²) < 4.78 is 65.9. The number of alkyl halides is 3. The van der Waals surface area contributed by atoms with Gasteiger partial charge in [0.25, 0.3) is 5.56 Å². The van der Waals surface area contributed by atoms with Gasteiger partial charge in [-0.05, 0) is 29.1 Å². The van der Waals surface area contributed by atoms with Crippen LogP contribution in [0.15, 0.2) is 46.8 Å². The van der Waals surface area contributed by atoms with Crippen molar-refractivity contribution in [2.75, 3.05) is 6.54 Å². The van der Waals surface area contributed by atoms with E-state index in [4.69, 9.17) is 0 Å². The number of rotatable bonds is 6. The first kappa shape index (κ1) is 19.5. The third kappa shape index (κ3) is 4.73. The van der Waals surface area contributed by atoms with Gasteiger partial charge in [-0.1, -0.05) is 12.1 Å². The first-order chi connectivity index (χ1) is 12.7. The first-order valence-corrected chi connectivity index (χ1v) is 10.2. The lowest BCUT2D eigenvalue weighted by atomic mass is 10.1. The summed E-state index contributed by atoms with van der Waals surface area (Å²) in [6.45, 7) is 0.0490. The zero-order valence-corrected chi connectivity index (χ0v) is 15.4. The SMILES string of the molecule is O=c1c2sccc2ncn1CCNS(=O)(=O)Cc1ccc(C(F)(F)F)cc1. The minimum absolute atomic E-state index is 0.0402. The Hall–Kier alpha value is -2.24. The summed E-state index contributed by atoms with van der Waals surface area (Å²) >= 11 is 1.26. The molecule has 2 heterocycles. The van der Waals surface area contributed by atoms with Crippen molar-refractivity contribution in [3.63, 3.8) is 0 Å². The van der Waals surface area contributed by atoms with Gasteiger partial charge in [0.15, 0.2) is 0 Å². The minimum Gasteiger partial charge on any atom is -0.297 e. The smallest absolute Gasteiger partial charge is 0.297 e. The van der Waals surface area contributed by atoms with Gasteiger partial charge in [0, 0.05) is 13.1 Å². The third-order valence-corrected chi connectivity index (χ3v) is 6.00. The van der Waals surface area contributed by atoms with Gasteiger partial charge >= 0.3 is 6.18 Å². The molecule has 0 radical (unpaired) electrons. The van der Waals surface area contributed by atoms with Crippen LogP contribution in [0.2, 0.25) is 0 Å². The molecule has 0 bridgehead atoms. The van der Waals surface area contributed by atoms with E-state index < -0.39 is 27.5 Å². The van der Waals surface area contributed by atoms with E-state index in [1.165, 1.54) is 22.2 Å². The Morgan fingerprint density at radius 3 is 2.52 bits per heavy atom. The van der Waals surface area contributed by atoms with Gasteiger partial charge in [0.05, 0.1) is 23.2 Å². The Bertz CT molecular complexity index is 1100. The molecule has 0 aliphatic rings. The van der Waals surface area contributed by atoms with Gasteiger partial charge in [-0.15, -0.1) is 11.3 Å². The molecule has 0 aliphatic carbocycles. The first-order valence-electron chi connectivity index (χ1n) is 7.72. The lowest BCUT2D eigenvalue weighted by Crippen LogP contribution is -2.31. The van der Waals surface area contributed by atoms with Crippen molar-refractivity contribution in [3.05, 3.63) is 63.5 Å². The topological polar surface area (TPSA) is 81.1 Å². The maximum atomic E-state index is 12.5. The molecule has 0 unspecified atom stereocenters. The third-order valence-electron chi connectivity index (χ3n) is 3.75. The molecule has 1 N–H and O–H groups in total. The van der Waals surface area contributed by atoms with Crippen LogP contribution < -0.4 is 10.3 Å². The van der Waals surface area contributed by atoms with E-state index in [2.05, 4.69) is 9.71 Å². The second kappa shape index (κ2) is 7.41. The van der Waals surface area contributed by atoms with Crippen molar-refractivity contribution in [3.8, 4) is 0 Å². The molecule has 0 aliphatic heterocycles. The molecule has 3 rings (SSSR count). The molecule has 0 saturated heterocycles. The molecule has 2 aromatic heterocycles. The average molecular weight is 417 g/mol. The second-order valence-electron chi connectivity index (χ2n) is 5.73. The Kier molecular flexibility index (Phi) is 5.36. The van der Waals surface area contributed by atoms with Gasteiger partial charge in [-0.3, -0.25) is 9.36 Å². The fraction of sp³-hybridized carbons (Fsp3) is 0.250. The van der Waals surface area contributed by atoms with E-state index in [1.807, 2.05) is 0 Å². The number of nitrogens with zero attached hydrogens (tertiary/aromatic N) is 2. The number of benzene rings is 1. The van der Waals surface area contributed by atoms with E-state index in [-0.39, 0.29) is 24.2 Å². The summed E-state index contributed by atoms with van der Waals surface area (Å²) in [6, 6.07) is 5.65. The second-order valence-corrected chi connectivity index (χ2v) is 8.45. The normalized spacial score (nSPS) is 12.6. The number of hydrogen-bond donors (Lipinski definition) is 1. The van der Waals surface area contributed by atoms with E-state index in [1.54, 1.807) is 11.4 Å². The number of aromatic nitrogens is 2. The molecule has 0 spiro atoms. The summed E-state index contributed by atoms with van der Waals surface area (Å²) in [4.78, 5) is 16.3. The van der Waals surface area contributed by atoms with Crippen LogP contribution >= 0.6 is 11.3 Å². The molecule has 0 amide bonds. The van der Waals surface area contributed by atoms with Crippen molar-refractivity contribution in [2.24, 2.45) is 0 Å². The molecule has 0 fully saturated rings. The maximum Gasteiger partial charge on any atom is 0.416 e. The van der Waals surface area contributed by atoms with E-state index in [0.29, 0.717) is 10.2 Å². The van der Waals surface area contributed by atoms with Gasteiger partial charge in [0.1, 0.15) is 4.70 Å². The average Bonchev–Trinajstić information content (AvgIpc) is 3.05. The highest BCUT2D eigenvalue weighted by Crippen LogP contribution is 2.29. The predicted molar refractivity (Wildman–Crippen MR) is 96.0 cm³/mol. The minimum atomic E-state index is -4.47. The Morgan fingerprint density at radius 1 is 1.15 bits per heavy atom. The number of thiophene rings is 1. The van der Waals surface area contributed by atoms with Crippen LogP contribution in [0.1, 0.15) is 11.1 Å². The molecule has 6 nitrogen and oxygen atoms in total. The summed E-state index contributed by atoms with van der Waals surface area (Å²) in [5.74, 6) is -0.456.